The first-order chi connectivity index (χ1) is 8.59. The van der Waals surface area contributed by atoms with Crippen LogP contribution in [0, 0.1) is 0 Å². The van der Waals surface area contributed by atoms with Crippen LogP contribution in [-0.4, -0.2) is 22.4 Å². The zero-order valence-electron chi connectivity index (χ0n) is 9.89. The molecule has 18 heavy (non-hydrogen) atoms. The topological polar surface area (TPSA) is 66.6 Å². The highest BCUT2D eigenvalue weighted by molar-refractivity contribution is 6.45. The number of aromatic nitrogens is 1. The summed E-state index contributed by atoms with van der Waals surface area (Å²) >= 11 is 5.83. The van der Waals surface area contributed by atoms with Crippen molar-refractivity contribution in [3.8, 4) is 0 Å². The van der Waals surface area contributed by atoms with E-state index in [1.807, 2.05) is 0 Å². The fourth-order valence-corrected chi connectivity index (χ4v) is 2.39. The molecule has 1 unspecified atom stereocenters. The van der Waals surface area contributed by atoms with Crippen molar-refractivity contribution in [1.29, 1.82) is 0 Å². The Hall–Kier alpha value is -1.33. The Morgan fingerprint density at radius 3 is 2.78 bits per heavy atom. The van der Waals surface area contributed by atoms with Crippen LogP contribution >= 0.6 is 11.6 Å². The van der Waals surface area contributed by atoms with Crippen LogP contribution in [-0.2, 0) is 4.79 Å². The van der Waals surface area contributed by atoms with Crippen molar-refractivity contribution >= 4 is 23.3 Å². The number of aliphatic hydroxyl groups excluding tert-OH is 1. The van der Waals surface area contributed by atoms with Gasteiger partial charge in [0.2, 0.25) is 0 Å². The van der Waals surface area contributed by atoms with Crippen LogP contribution in [0.15, 0.2) is 21.2 Å². The van der Waals surface area contributed by atoms with Crippen molar-refractivity contribution in [3.63, 3.8) is 0 Å². The van der Waals surface area contributed by atoms with Crippen LogP contribution in [0.4, 0.5) is 5.82 Å². The molecular formula is C12H13ClN2O3. The van der Waals surface area contributed by atoms with Gasteiger partial charge in [-0.05, 0) is 19.8 Å². The molecule has 2 heterocycles. The number of hydrogen-bond donors (Lipinski definition) is 1. The molecule has 1 aromatic rings. The smallest absolute Gasteiger partial charge is 0.273 e. The minimum atomic E-state index is -1.05. The molecule has 96 valence electrons. The summed E-state index contributed by atoms with van der Waals surface area (Å²) in [4.78, 5) is 13.0. The van der Waals surface area contributed by atoms with E-state index in [2.05, 4.69) is 5.16 Å². The van der Waals surface area contributed by atoms with Gasteiger partial charge in [0.05, 0.1) is 0 Å². The molecule has 5 nitrogen and oxygen atoms in total. The highest BCUT2D eigenvalue weighted by atomic mass is 35.5. The number of carbonyl (C=O) groups is 1. The summed E-state index contributed by atoms with van der Waals surface area (Å²) in [5, 5.41) is 13.9. The summed E-state index contributed by atoms with van der Waals surface area (Å²) < 4.78 is 5.23. The van der Waals surface area contributed by atoms with E-state index in [0.717, 1.165) is 23.5 Å². The third kappa shape index (κ3) is 1.58. The third-order valence-electron chi connectivity index (χ3n) is 3.65. The zero-order valence-corrected chi connectivity index (χ0v) is 10.6. The molecule has 0 spiro atoms. The first-order valence-electron chi connectivity index (χ1n) is 5.94. The van der Waals surface area contributed by atoms with E-state index in [9.17, 15) is 9.90 Å². The molecule has 1 fully saturated rings. The van der Waals surface area contributed by atoms with Gasteiger partial charge in [-0.2, -0.15) is 0 Å². The van der Waals surface area contributed by atoms with Crippen molar-refractivity contribution in [2.45, 2.75) is 38.3 Å². The van der Waals surface area contributed by atoms with Crippen LogP contribution in [0.25, 0.3) is 0 Å². The highest BCUT2D eigenvalue weighted by Gasteiger charge is 2.38. The number of aliphatic hydroxyl groups is 1. The van der Waals surface area contributed by atoms with Gasteiger partial charge in [0.25, 0.3) is 5.91 Å². The quantitative estimate of drug-likeness (QED) is 0.892. The van der Waals surface area contributed by atoms with Crippen LogP contribution < -0.4 is 4.90 Å². The molecule has 6 heteroatoms. The molecule has 0 aromatic carbocycles. The average Bonchev–Trinajstić information content (AvgIpc) is 2.79. The Morgan fingerprint density at radius 1 is 1.56 bits per heavy atom. The Labute approximate surface area is 109 Å². The largest absolute Gasteiger partial charge is 0.369 e. The maximum absolute atomic E-state index is 11.9. The zero-order chi connectivity index (χ0) is 12.9. The van der Waals surface area contributed by atoms with Crippen LogP contribution in [0.2, 0.25) is 0 Å². The normalized spacial score (nSPS) is 24.9. The molecule has 0 bridgehead atoms. The van der Waals surface area contributed by atoms with Gasteiger partial charge in [0.15, 0.2) is 12.0 Å². The van der Waals surface area contributed by atoms with Crippen molar-refractivity contribution in [2.75, 3.05) is 4.90 Å². The maximum atomic E-state index is 11.9. The lowest BCUT2D eigenvalue weighted by atomic mass is 9.84. The van der Waals surface area contributed by atoms with Crippen LogP contribution in [0.3, 0.4) is 0 Å². The van der Waals surface area contributed by atoms with Gasteiger partial charge >= 0.3 is 0 Å². The average molecular weight is 269 g/mol. The third-order valence-corrected chi connectivity index (χ3v) is 4.11. The van der Waals surface area contributed by atoms with Crippen molar-refractivity contribution in [3.05, 3.63) is 22.4 Å². The van der Waals surface area contributed by atoms with Crippen molar-refractivity contribution < 1.29 is 14.4 Å². The van der Waals surface area contributed by atoms with Gasteiger partial charge in [0, 0.05) is 17.6 Å². The molecule has 1 aliphatic heterocycles. The molecule has 1 aromatic heterocycles. The van der Waals surface area contributed by atoms with E-state index in [-0.39, 0.29) is 5.03 Å². The number of anilines is 1. The molecule has 0 saturated heterocycles. The predicted octanol–water partition coefficient (Wildman–Crippen LogP) is 2.12. The first-order valence-corrected chi connectivity index (χ1v) is 6.32. The van der Waals surface area contributed by atoms with Crippen LogP contribution in [0.5, 0.6) is 0 Å². The first kappa shape index (κ1) is 11.7. The molecule has 0 radical (unpaired) electrons. The van der Waals surface area contributed by atoms with Gasteiger partial charge in [0.1, 0.15) is 10.8 Å². The number of carbonyl (C=O) groups excluding carboxylic acids is 1. The summed E-state index contributed by atoms with van der Waals surface area (Å²) in [7, 11) is 0. The molecule has 1 saturated carbocycles. The Balaban J connectivity index is 1.87. The second-order valence-electron chi connectivity index (χ2n) is 4.76. The second-order valence-corrected chi connectivity index (χ2v) is 5.14. The molecule has 1 atom stereocenters. The van der Waals surface area contributed by atoms with E-state index in [0.29, 0.717) is 17.3 Å². The van der Waals surface area contributed by atoms with E-state index in [4.69, 9.17) is 16.1 Å². The maximum Gasteiger partial charge on any atom is 0.273 e. The summed E-state index contributed by atoms with van der Waals surface area (Å²) in [6.07, 6.45) is 2.31. The molecule has 1 aliphatic carbocycles. The predicted molar refractivity (Wildman–Crippen MR) is 65.1 cm³/mol. The standard InChI is InChI=1S/C12H13ClN2O3/c1-6-10(13)12(17)15(11(6)16)9-5-8(18-14-9)7-3-2-4-7/h5,7,11,16H,2-4H2,1H3. The summed E-state index contributed by atoms with van der Waals surface area (Å²) in [5.41, 5.74) is 0.440. The lowest BCUT2D eigenvalue weighted by molar-refractivity contribution is -0.115. The van der Waals surface area contributed by atoms with E-state index < -0.39 is 12.1 Å². The van der Waals surface area contributed by atoms with Gasteiger partial charge in [-0.25, -0.2) is 0 Å². The summed E-state index contributed by atoms with van der Waals surface area (Å²) in [6, 6.07) is 1.72. The van der Waals surface area contributed by atoms with Gasteiger partial charge in [-0.1, -0.05) is 23.2 Å². The summed E-state index contributed by atoms with van der Waals surface area (Å²) in [5.74, 6) is 1.06. The Bertz CT molecular complexity index is 533. The second kappa shape index (κ2) is 4.10. The molecule has 3 rings (SSSR count). The molecule has 1 N–H and O–H groups in total. The fourth-order valence-electron chi connectivity index (χ4n) is 2.20. The number of rotatable bonds is 2. The lowest BCUT2D eigenvalue weighted by Crippen LogP contribution is -2.35. The lowest BCUT2D eigenvalue weighted by Gasteiger charge is -2.22. The van der Waals surface area contributed by atoms with E-state index >= 15 is 0 Å². The molecule has 1 amide bonds. The number of halogens is 1. The minimum Gasteiger partial charge on any atom is -0.369 e. The Kier molecular flexibility index (Phi) is 2.68. The van der Waals surface area contributed by atoms with Gasteiger partial charge in [-0.15, -0.1) is 0 Å². The van der Waals surface area contributed by atoms with E-state index in [1.165, 1.54) is 6.42 Å². The molecular weight excluding hydrogens is 256 g/mol. The van der Waals surface area contributed by atoms with E-state index in [1.54, 1.807) is 13.0 Å². The number of nitrogens with zero attached hydrogens (tertiary/aromatic N) is 2. The van der Waals surface area contributed by atoms with Gasteiger partial charge < -0.3 is 9.63 Å². The van der Waals surface area contributed by atoms with Crippen molar-refractivity contribution in [2.24, 2.45) is 0 Å². The van der Waals surface area contributed by atoms with Crippen molar-refractivity contribution in [1.82, 2.24) is 5.16 Å². The highest BCUT2D eigenvalue weighted by Crippen LogP contribution is 2.39. The number of hydrogen-bond acceptors (Lipinski definition) is 4. The van der Waals surface area contributed by atoms with Gasteiger partial charge in [-0.3, -0.25) is 9.69 Å². The fraction of sp³-hybridized carbons (Fsp3) is 0.500. The monoisotopic (exact) mass is 268 g/mol. The molecule has 2 aliphatic rings. The number of amides is 1. The summed E-state index contributed by atoms with van der Waals surface area (Å²) in [6.45, 7) is 1.62. The SMILES string of the molecule is CC1=C(Cl)C(=O)N(c2cc(C3CCC3)on2)C1O. The Morgan fingerprint density at radius 2 is 2.28 bits per heavy atom. The van der Waals surface area contributed by atoms with Crippen LogP contribution in [0.1, 0.15) is 37.9 Å². The minimum absolute atomic E-state index is 0.0516.